The number of carbonyl (C=O) groups excluding carboxylic acids is 1. The van der Waals surface area contributed by atoms with Gasteiger partial charge in [-0.05, 0) is 25.3 Å². The molecule has 2 N–H and O–H groups in total. The van der Waals surface area contributed by atoms with E-state index in [4.69, 9.17) is 18.0 Å². The van der Waals surface area contributed by atoms with Crippen LogP contribution in [0.5, 0.6) is 0 Å². The molecule has 0 aromatic carbocycles. The van der Waals surface area contributed by atoms with Crippen molar-refractivity contribution in [3.05, 3.63) is 22.4 Å². The van der Waals surface area contributed by atoms with Crippen molar-refractivity contribution in [2.24, 2.45) is 5.73 Å². The molecular formula is C11H16N2OS2. The molecular weight excluding hydrogens is 240 g/mol. The number of rotatable bonds is 5. The van der Waals surface area contributed by atoms with Gasteiger partial charge in [0.2, 0.25) is 5.91 Å². The van der Waals surface area contributed by atoms with E-state index in [1.54, 1.807) is 16.2 Å². The number of carbonyl (C=O) groups is 1. The summed E-state index contributed by atoms with van der Waals surface area (Å²) in [6.07, 6.45) is 0.429. The molecule has 0 atom stereocenters. The molecule has 0 aliphatic carbocycles. The quantitative estimate of drug-likeness (QED) is 0.817. The van der Waals surface area contributed by atoms with Crippen molar-refractivity contribution in [1.82, 2.24) is 4.90 Å². The summed E-state index contributed by atoms with van der Waals surface area (Å²) in [6, 6.07) is 4.02. The standard InChI is InChI=1S/C11H16N2OS2/c1-8(2)13(7-10(12)15)11(14)6-9-4-3-5-16-9/h3-5,8H,6-7H2,1-2H3,(H2,12,15). The second-order valence-corrected chi connectivity index (χ2v) is 5.39. The normalized spacial score (nSPS) is 10.4. The lowest BCUT2D eigenvalue weighted by molar-refractivity contribution is -0.131. The van der Waals surface area contributed by atoms with Gasteiger partial charge in [0, 0.05) is 10.9 Å². The molecule has 0 bridgehead atoms. The number of hydrogen-bond donors (Lipinski definition) is 1. The topological polar surface area (TPSA) is 46.3 Å². The zero-order chi connectivity index (χ0) is 12.1. The monoisotopic (exact) mass is 256 g/mol. The maximum absolute atomic E-state index is 12.0. The molecule has 0 unspecified atom stereocenters. The van der Waals surface area contributed by atoms with E-state index < -0.39 is 0 Å². The molecule has 0 saturated carbocycles. The largest absolute Gasteiger partial charge is 0.392 e. The summed E-state index contributed by atoms with van der Waals surface area (Å²) in [5.41, 5.74) is 5.48. The number of nitrogens with two attached hydrogens (primary N) is 1. The van der Waals surface area contributed by atoms with Crippen LogP contribution in [-0.4, -0.2) is 28.4 Å². The predicted octanol–water partition coefficient (Wildman–Crippen LogP) is 1.81. The van der Waals surface area contributed by atoms with Crippen LogP contribution in [0.2, 0.25) is 0 Å². The lowest BCUT2D eigenvalue weighted by Gasteiger charge is -2.26. The summed E-state index contributed by atoms with van der Waals surface area (Å²) >= 11 is 6.43. The fourth-order valence-electron chi connectivity index (χ4n) is 1.39. The first-order valence-corrected chi connectivity index (χ1v) is 6.39. The Labute approximate surface area is 105 Å². The third-order valence-electron chi connectivity index (χ3n) is 2.18. The smallest absolute Gasteiger partial charge is 0.228 e. The molecule has 1 aromatic heterocycles. The first-order valence-electron chi connectivity index (χ1n) is 5.11. The molecule has 1 heterocycles. The summed E-state index contributed by atoms with van der Waals surface area (Å²) in [4.78, 5) is 15.1. The van der Waals surface area contributed by atoms with Gasteiger partial charge in [-0.1, -0.05) is 18.3 Å². The molecule has 0 saturated heterocycles. The Balaban J connectivity index is 2.64. The number of thiophene rings is 1. The van der Waals surface area contributed by atoms with E-state index >= 15 is 0 Å². The van der Waals surface area contributed by atoms with Crippen LogP contribution in [0.25, 0.3) is 0 Å². The molecule has 88 valence electrons. The minimum atomic E-state index is 0.0743. The highest BCUT2D eigenvalue weighted by molar-refractivity contribution is 7.80. The van der Waals surface area contributed by atoms with Gasteiger partial charge in [-0.3, -0.25) is 4.79 Å². The van der Waals surface area contributed by atoms with Gasteiger partial charge >= 0.3 is 0 Å². The lowest BCUT2D eigenvalue weighted by Crippen LogP contribution is -2.42. The molecule has 3 nitrogen and oxygen atoms in total. The first kappa shape index (κ1) is 13.1. The Morgan fingerprint density at radius 3 is 2.75 bits per heavy atom. The van der Waals surface area contributed by atoms with Crippen LogP contribution in [-0.2, 0) is 11.2 Å². The fraction of sp³-hybridized carbons (Fsp3) is 0.455. The molecule has 0 fully saturated rings. The Morgan fingerprint density at radius 2 is 2.31 bits per heavy atom. The molecule has 1 rings (SSSR count). The molecule has 0 aliphatic heterocycles. The Morgan fingerprint density at radius 1 is 1.62 bits per heavy atom. The number of nitrogens with zero attached hydrogens (tertiary/aromatic N) is 1. The zero-order valence-corrected chi connectivity index (χ0v) is 11.1. The van der Waals surface area contributed by atoms with Crippen molar-refractivity contribution in [3.8, 4) is 0 Å². The average Bonchev–Trinajstić information content (AvgIpc) is 2.65. The SMILES string of the molecule is CC(C)N(CC(N)=S)C(=O)Cc1cccs1. The van der Waals surface area contributed by atoms with Crippen molar-refractivity contribution in [2.45, 2.75) is 26.3 Å². The van der Waals surface area contributed by atoms with Crippen LogP contribution >= 0.6 is 23.6 Å². The van der Waals surface area contributed by atoms with E-state index in [1.807, 2.05) is 31.4 Å². The second-order valence-electron chi connectivity index (χ2n) is 3.84. The van der Waals surface area contributed by atoms with E-state index in [9.17, 15) is 4.79 Å². The van der Waals surface area contributed by atoms with Crippen LogP contribution in [0.4, 0.5) is 0 Å². The van der Waals surface area contributed by atoms with Crippen molar-refractivity contribution in [2.75, 3.05) is 6.54 Å². The summed E-state index contributed by atoms with van der Waals surface area (Å²) in [6.45, 7) is 4.28. The minimum Gasteiger partial charge on any atom is -0.392 e. The van der Waals surface area contributed by atoms with Crippen LogP contribution in [0.1, 0.15) is 18.7 Å². The molecule has 0 aliphatic rings. The van der Waals surface area contributed by atoms with Gasteiger partial charge in [-0.15, -0.1) is 11.3 Å². The average molecular weight is 256 g/mol. The highest BCUT2D eigenvalue weighted by atomic mass is 32.1. The van der Waals surface area contributed by atoms with Gasteiger partial charge in [0.1, 0.15) is 0 Å². The van der Waals surface area contributed by atoms with Crippen molar-refractivity contribution in [1.29, 1.82) is 0 Å². The Bertz CT molecular complexity index is 360. The molecule has 1 aromatic rings. The highest BCUT2D eigenvalue weighted by Gasteiger charge is 2.18. The fourth-order valence-corrected chi connectivity index (χ4v) is 2.23. The van der Waals surface area contributed by atoms with E-state index in [2.05, 4.69) is 0 Å². The van der Waals surface area contributed by atoms with Crippen molar-refractivity contribution in [3.63, 3.8) is 0 Å². The molecule has 5 heteroatoms. The maximum atomic E-state index is 12.0. The number of amides is 1. The van der Waals surface area contributed by atoms with Crippen molar-refractivity contribution < 1.29 is 4.79 Å². The van der Waals surface area contributed by atoms with E-state index in [0.29, 0.717) is 18.0 Å². The predicted molar refractivity (Wildman–Crippen MR) is 71.7 cm³/mol. The summed E-state index contributed by atoms with van der Waals surface area (Å²) in [7, 11) is 0. The Hall–Kier alpha value is -0.940. The van der Waals surface area contributed by atoms with Crippen LogP contribution in [0.3, 0.4) is 0 Å². The molecule has 16 heavy (non-hydrogen) atoms. The summed E-state index contributed by atoms with van der Waals surface area (Å²) < 4.78 is 0. The van der Waals surface area contributed by atoms with Gasteiger partial charge in [0.15, 0.2) is 0 Å². The molecule has 1 amide bonds. The second kappa shape index (κ2) is 5.96. The van der Waals surface area contributed by atoms with Gasteiger partial charge in [-0.25, -0.2) is 0 Å². The third kappa shape index (κ3) is 3.90. The van der Waals surface area contributed by atoms with E-state index in [-0.39, 0.29) is 11.9 Å². The highest BCUT2D eigenvalue weighted by Crippen LogP contribution is 2.11. The van der Waals surface area contributed by atoms with E-state index in [1.165, 1.54) is 0 Å². The zero-order valence-electron chi connectivity index (χ0n) is 9.47. The Kier molecular flexibility index (Phi) is 4.89. The van der Waals surface area contributed by atoms with Crippen LogP contribution in [0, 0.1) is 0 Å². The third-order valence-corrected chi connectivity index (χ3v) is 3.18. The maximum Gasteiger partial charge on any atom is 0.228 e. The van der Waals surface area contributed by atoms with Gasteiger partial charge in [-0.2, -0.15) is 0 Å². The summed E-state index contributed by atoms with van der Waals surface area (Å²) in [5, 5.41) is 1.97. The number of hydrogen-bond acceptors (Lipinski definition) is 3. The van der Waals surface area contributed by atoms with Gasteiger partial charge in [0.05, 0.1) is 18.0 Å². The van der Waals surface area contributed by atoms with Crippen molar-refractivity contribution >= 4 is 34.5 Å². The molecule has 0 radical (unpaired) electrons. The van der Waals surface area contributed by atoms with E-state index in [0.717, 1.165) is 4.88 Å². The van der Waals surface area contributed by atoms with Gasteiger partial charge < -0.3 is 10.6 Å². The minimum absolute atomic E-state index is 0.0743. The molecule has 0 spiro atoms. The van der Waals surface area contributed by atoms with Gasteiger partial charge in [0.25, 0.3) is 0 Å². The number of thiocarbonyl (C=S) groups is 1. The lowest BCUT2D eigenvalue weighted by atomic mass is 10.2. The van der Waals surface area contributed by atoms with Crippen LogP contribution in [0.15, 0.2) is 17.5 Å². The van der Waals surface area contributed by atoms with Crippen LogP contribution < -0.4 is 5.73 Å². The first-order chi connectivity index (χ1) is 7.50. The summed E-state index contributed by atoms with van der Waals surface area (Å²) in [5.74, 6) is 0.0743.